The Morgan fingerprint density at radius 1 is 1.28 bits per heavy atom. The topological polar surface area (TPSA) is 42.4 Å². The molecule has 0 N–H and O–H groups in total. The second-order valence-corrected chi connectivity index (χ2v) is 6.93. The molecule has 1 atom stereocenters. The summed E-state index contributed by atoms with van der Waals surface area (Å²) >= 11 is 7.20. The van der Waals surface area contributed by atoms with Crippen LogP contribution in [0, 0.1) is 0 Å². The van der Waals surface area contributed by atoms with E-state index in [-0.39, 0.29) is 6.54 Å². The van der Waals surface area contributed by atoms with Crippen LogP contribution in [0.25, 0.3) is 11.3 Å². The number of piperidine rings is 1. The second-order valence-electron chi connectivity index (χ2n) is 5.61. The number of halogens is 4. The van der Waals surface area contributed by atoms with Gasteiger partial charge < -0.3 is 4.84 Å². The number of thiazole rings is 1. The molecule has 25 heavy (non-hydrogen) atoms. The smallest absolute Gasteiger partial charge is 0.360 e. The molecular formula is C16H14ClF3N2O2S. The maximum Gasteiger partial charge on any atom is 0.492 e. The Morgan fingerprint density at radius 3 is 2.68 bits per heavy atom. The first-order chi connectivity index (χ1) is 11.8. The van der Waals surface area contributed by atoms with Gasteiger partial charge in [-0.2, -0.15) is 13.2 Å². The Bertz CT molecular complexity index is 749. The van der Waals surface area contributed by atoms with Crippen molar-refractivity contribution in [2.45, 2.75) is 31.5 Å². The summed E-state index contributed by atoms with van der Waals surface area (Å²) in [7, 11) is 0. The predicted octanol–water partition coefficient (Wildman–Crippen LogP) is 5.01. The fourth-order valence-electron chi connectivity index (χ4n) is 2.61. The largest absolute Gasteiger partial charge is 0.492 e. The van der Waals surface area contributed by atoms with E-state index in [9.17, 15) is 18.0 Å². The van der Waals surface area contributed by atoms with E-state index in [1.807, 2.05) is 17.5 Å². The zero-order valence-electron chi connectivity index (χ0n) is 12.9. The highest BCUT2D eigenvalue weighted by molar-refractivity contribution is 7.10. The zero-order chi connectivity index (χ0) is 18.0. The number of benzene rings is 1. The maximum absolute atomic E-state index is 12.5. The fourth-order valence-corrected chi connectivity index (χ4v) is 3.70. The summed E-state index contributed by atoms with van der Waals surface area (Å²) < 4.78 is 37.4. The summed E-state index contributed by atoms with van der Waals surface area (Å²) in [5, 5.41) is 4.16. The van der Waals surface area contributed by atoms with Crippen molar-refractivity contribution in [3.8, 4) is 11.3 Å². The molecule has 1 aliphatic rings. The third-order valence-corrected chi connectivity index (χ3v) is 5.03. The lowest BCUT2D eigenvalue weighted by molar-refractivity contribution is -0.251. The molecule has 0 radical (unpaired) electrons. The van der Waals surface area contributed by atoms with Crippen LogP contribution in [0.4, 0.5) is 13.2 Å². The molecule has 1 unspecified atom stereocenters. The van der Waals surface area contributed by atoms with Crippen LogP contribution < -0.4 is 0 Å². The molecule has 1 aliphatic heterocycles. The van der Waals surface area contributed by atoms with E-state index >= 15 is 0 Å². The monoisotopic (exact) mass is 390 g/mol. The van der Waals surface area contributed by atoms with Crippen molar-refractivity contribution in [3.63, 3.8) is 0 Å². The summed E-state index contributed by atoms with van der Waals surface area (Å²) in [6.45, 7) is 0.252. The number of alkyl halides is 3. The van der Waals surface area contributed by atoms with Gasteiger partial charge in [0.1, 0.15) is 5.01 Å². The molecule has 2 heterocycles. The molecule has 0 bridgehead atoms. The van der Waals surface area contributed by atoms with Crippen LogP contribution in [0.1, 0.15) is 30.3 Å². The first-order valence-corrected chi connectivity index (χ1v) is 8.87. The number of hydrogen-bond acceptors (Lipinski definition) is 5. The standard InChI is InChI=1S/C16H14ClF3N2O2S/c17-11-6-4-10(5-7-11)12-9-25-14(21-12)13-3-1-2-8-22(13)24-15(23)16(18,19)20/h4-7,9,13H,1-3,8H2. The molecule has 0 spiro atoms. The van der Waals surface area contributed by atoms with Crippen LogP contribution in [0.5, 0.6) is 0 Å². The van der Waals surface area contributed by atoms with Crippen molar-refractivity contribution in [2.24, 2.45) is 0 Å². The number of hydrogen-bond donors (Lipinski definition) is 0. The van der Waals surface area contributed by atoms with Crippen LogP contribution >= 0.6 is 22.9 Å². The van der Waals surface area contributed by atoms with Crippen LogP contribution in [-0.4, -0.2) is 28.7 Å². The molecule has 1 saturated heterocycles. The van der Waals surface area contributed by atoms with E-state index in [0.717, 1.165) is 17.0 Å². The lowest BCUT2D eigenvalue weighted by Gasteiger charge is -2.32. The van der Waals surface area contributed by atoms with Gasteiger partial charge in [0.25, 0.3) is 0 Å². The van der Waals surface area contributed by atoms with Crippen molar-refractivity contribution in [3.05, 3.63) is 39.7 Å². The van der Waals surface area contributed by atoms with E-state index < -0.39 is 18.2 Å². The molecule has 1 aromatic heterocycles. The lowest BCUT2D eigenvalue weighted by Crippen LogP contribution is -2.39. The van der Waals surface area contributed by atoms with Gasteiger partial charge in [0.2, 0.25) is 0 Å². The number of aromatic nitrogens is 1. The number of carbonyl (C=O) groups is 1. The minimum Gasteiger partial charge on any atom is -0.360 e. The predicted molar refractivity (Wildman–Crippen MR) is 88.0 cm³/mol. The molecule has 134 valence electrons. The molecule has 3 rings (SSSR count). The second kappa shape index (κ2) is 7.31. The number of rotatable bonds is 3. The molecule has 9 heteroatoms. The Morgan fingerprint density at radius 2 is 2.00 bits per heavy atom. The van der Waals surface area contributed by atoms with Crippen molar-refractivity contribution in [2.75, 3.05) is 6.54 Å². The van der Waals surface area contributed by atoms with E-state index in [1.165, 1.54) is 11.3 Å². The van der Waals surface area contributed by atoms with Crippen molar-refractivity contribution < 1.29 is 22.8 Å². The summed E-state index contributed by atoms with van der Waals surface area (Å²) in [6, 6.07) is 6.67. The Hall–Kier alpha value is -1.64. The third-order valence-electron chi connectivity index (χ3n) is 3.83. The van der Waals surface area contributed by atoms with Gasteiger partial charge in [-0.25, -0.2) is 9.78 Å². The highest BCUT2D eigenvalue weighted by Crippen LogP contribution is 2.35. The molecule has 0 aliphatic carbocycles. The Labute approximate surface area is 151 Å². The highest BCUT2D eigenvalue weighted by Gasteiger charge is 2.44. The normalized spacial score (nSPS) is 19.0. The molecule has 1 aromatic carbocycles. The van der Waals surface area contributed by atoms with Crippen LogP contribution in [-0.2, 0) is 9.63 Å². The summed E-state index contributed by atoms with van der Waals surface area (Å²) in [5.74, 6) is -2.20. The van der Waals surface area contributed by atoms with E-state index in [0.29, 0.717) is 28.6 Å². The number of carbonyl (C=O) groups excluding carboxylic acids is 1. The first-order valence-electron chi connectivity index (χ1n) is 7.62. The Kier molecular flexibility index (Phi) is 5.31. The minimum atomic E-state index is -5.01. The molecule has 4 nitrogen and oxygen atoms in total. The molecule has 2 aromatic rings. The molecule has 0 saturated carbocycles. The SMILES string of the molecule is O=C(ON1CCCCC1c1nc(-c2ccc(Cl)cc2)cs1)C(F)(F)F. The van der Waals surface area contributed by atoms with E-state index in [4.69, 9.17) is 11.6 Å². The summed E-state index contributed by atoms with van der Waals surface area (Å²) in [6.07, 6.45) is -2.93. The van der Waals surface area contributed by atoms with Crippen LogP contribution in [0.2, 0.25) is 5.02 Å². The molecule has 0 amide bonds. The minimum absolute atomic E-state index is 0.252. The van der Waals surface area contributed by atoms with Gasteiger partial charge in [-0.3, -0.25) is 0 Å². The van der Waals surface area contributed by atoms with Crippen molar-refractivity contribution in [1.29, 1.82) is 0 Å². The Balaban J connectivity index is 1.79. The van der Waals surface area contributed by atoms with Crippen LogP contribution in [0.15, 0.2) is 29.6 Å². The van der Waals surface area contributed by atoms with Crippen molar-refractivity contribution >= 4 is 28.9 Å². The van der Waals surface area contributed by atoms with Gasteiger partial charge in [0, 0.05) is 22.5 Å². The number of hydroxylamine groups is 2. The quantitative estimate of drug-likeness (QED) is 0.738. The average Bonchev–Trinajstić information content (AvgIpc) is 3.05. The lowest BCUT2D eigenvalue weighted by atomic mass is 10.1. The van der Waals surface area contributed by atoms with Gasteiger partial charge in [-0.15, -0.1) is 16.4 Å². The van der Waals surface area contributed by atoms with Gasteiger partial charge in [0.15, 0.2) is 0 Å². The summed E-state index contributed by atoms with van der Waals surface area (Å²) in [5.41, 5.74) is 1.57. The fraction of sp³-hybridized carbons (Fsp3) is 0.375. The van der Waals surface area contributed by atoms with Gasteiger partial charge in [-0.1, -0.05) is 23.7 Å². The third kappa shape index (κ3) is 4.31. The van der Waals surface area contributed by atoms with E-state index in [2.05, 4.69) is 9.82 Å². The van der Waals surface area contributed by atoms with Crippen LogP contribution in [0.3, 0.4) is 0 Å². The van der Waals surface area contributed by atoms with Gasteiger partial charge in [-0.05, 0) is 31.4 Å². The first kappa shape index (κ1) is 18.2. The van der Waals surface area contributed by atoms with Crippen molar-refractivity contribution in [1.82, 2.24) is 10.0 Å². The molecular weight excluding hydrogens is 377 g/mol. The summed E-state index contributed by atoms with van der Waals surface area (Å²) in [4.78, 5) is 20.2. The highest BCUT2D eigenvalue weighted by atomic mass is 35.5. The molecule has 1 fully saturated rings. The van der Waals surface area contributed by atoms with E-state index in [1.54, 1.807) is 12.1 Å². The number of nitrogens with zero attached hydrogens (tertiary/aromatic N) is 2. The van der Waals surface area contributed by atoms with Gasteiger partial charge >= 0.3 is 12.1 Å². The zero-order valence-corrected chi connectivity index (χ0v) is 14.5. The van der Waals surface area contributed by atoms with Gasteiger partial charge in [0.05, 0.1) is 11.7 Å². The maximum atomic E-state index is 12.5. The average molecular weight is 391 g/mol.